The molecule has 0 unspecified atom stereocenters. The van der Waals surface area contributed by atoms with E-state index in [1.54, 1.807) is 0 Å². The Morgan fingerprint density at radius 2 is 0.889 bits per heavy atom. The minimum absolute atomic E-state index is 0. The van der Waals surface area contributed by atoms with E-state index in [1.807, 2.05) is 0 Å². The average Bonchev–Trinajstić information content (AvgIpc) is 1.75. The van der Waals surface area contributed by atoms with Gasteiger partial charge in [-0.15, -0.1) is 0 Å². The molecule has 0 saturated heterocycles. The van der Waals surface area contributed by atoms with Crippen LogP contribution in [-0.2, 0) is 14.2 Å². The first-order chi connectivity index (χ1) is 3.73. The molecule has 9 heavy (non-hydrogen) atoms. The van der Waals surface area contributed by atoms with Crippen molar-refractivity contribution in [3.8, 4) is 0 Å². The molecular formula is C3H11Cl3MoO2-. The number of rotatable bonds is 0. The zero-order chi connectivity index (χ0) is 7.58. The van der Waals surface area contributed by atoms with Gasteiger partial charge in [0.2, 0.25) is 0 Å². The molecule has 0 spiro atoms. The van der Waals surface area contributed by atoms with E-state index in [0.717, 1.165) is 14.2 Å². The molecule has 2 nitrogen and oxygen atoms in total. The van der Waals surface area contributed by atoms with Gasteiger partial charge in [0.1, 0.15) is 0 Å². The van der Waals surface area contributed by atoms with Gasteiger partial charge in [-0.1, -0.05) is 0 Å². The molecular weight excluding hydrogens is 270 g/mol. The molecule has 0 amide bonds. The second kappa shape index (κ2) is 34.0. The molecule has 0 aromatic carbocycles. The quantitative estimate of drug-likeness (QED) is 0.524. The zero-order valence-corrected chi connectivity index (χ0v) is 9.71. The van der Waals surface area contributed by atoms with Crippen molar-refractivity contribution in [1.29, 1.82) is 0 Å². The van der Waals surface area contributed by atoms with Crippen LogP contribution in [0.2, 0.25) is 0 Å². The first kappa shape index (κ1) is 22.4. The van der Waals surface area contributed by atoms with Crippen LogP contribution in [0.3, 0.4) is 0 Å². The summed E-state index contributed by atoms with van der Waals surface area (Å²) >= 11 is -1.94. The zero-order valence-electron chi connectivity index (χ0n) is 5.44. The van der Waals surface area contributed by atoms with Crippen LogP contribution in [0, 0.1) is 7.43 Å². The Hall–Kier alpha value is 1.48. The van der Waals surface area contributed by atoms with Crippen molar-refractivity contribution < 1.29 is 24.4 Å². The van der Waals surface area contributed by atoms with Gasteiger partial charge in [0, 0.05) is 14.2 Å². The van der Waals surface area contributed by atoms with Crippen LogP contribution < -0.4 is 0 Å². The van der Waals surface area contributed by atoms with Crippen LogP contribution in [0.25, 0.3) is 0 Å². The number of aliphatic hydroxyl groups excluding tert-OH is 2. The second-order valence-electron chi connectivity index (χ2n) is 0.175. The first-order valence-corrected chi connectivity index (χ1v) is 9.11. The van der Waals surface area contributed by atoms with Crippen molar-refractivity contribution in [1.82, 2.24) is 0 Å². The summed E-state index contributed by atoms with van der Waals surface area (Å²) < 4.78 is 0. The Bertz CT molecular complexity index is 21.8. The van der Waals surface area contributed by atoms with Crippen molar-refractivity contribution in [2.75, 3.05) is 14.2 Å². The molecule has 0 bridgehead atoms. The van der Waals surface area contributed by atoms with E-state index in [0.29, 0.717) is 0 Å². The fourth-order valence-corrected chi connectivity index (χ4v) is 0. The maximum absolute atomic E-state index is 7.00. The van der Waals surface area contributed by atoms with Gasteiger partial charge in [0.05, 0.1) is 0 Å². The molecule has 0 fully saturated rings. The van der Waals surface area contributed by atoms with E-state index in [-0.39, 0.29) is 7.43 Å². The van der Waals surface area contributed by atoms with Gasteiger partial charge in [-0.3, -0.25) is 0 Å². The number of hydrogen-bond donors (Lipinski definition) is 2. The van der Waals surface area contributed by atoms with Gasteiger partial charge >= 0.3 is 42.4 Å². The SMILES string of the molecule is CO.CO.[CH3-].[Cl][Mo]([Cl])[Cl]. The van der Waals surface area contributed by atoms with E-state index in [9.17, 15) is 0 Å². The van der Waals surface area contributed by atoms with E-state index in [1.165, 1.54) is 0 Å². The van der Waals surface area contributed by atoms with Crippen molar-refractivity contribution in [2.45, 2.75) is 0 Å². The molecule has 0 aliphatic carbocycles. The molecule has 0 aliphatic rings. The van der Waals surface area contributed by atoms with E-state index in [4.69, 9.17) is 38.5 Å². The summed E-state index contributed by atoms with van der Waals surface area (Å²) in [5, 5.41) is 14.0. The monoisotopic (exact) mass is 282 g/mol. The summed E-state index contributed by atoms with van der Waals surface area (Å²) in [5.74, 6) is 0. The normalized spacial score (nSPS) is 5.33. The maximum atomic E-state index is 7.00. The first-order valence-electron chi connectivity index (χ1n) is 1.36. The van der Waals surface area contributed by atoms with Gasteiger partial charge in [0.25, 0.3) is 0 Å². The Kier molecular flexibility index (Phi) is 84.7. The topological polar surface area (TPSA) is 40.5 Å². The van der Waals surface area contributed by atoms with Crippen LogP contribution in [0.5, 0.6) is 0 Å². The van der Waals surface area contributed by atoms with Crippen LogP contribution in [-0.4, -0.2) is 24.4 Å². The predicted molar refractivity (Wildman–Crippen MR) is 40.3 cm³/mol. The molecule has 0 saturated carbocycles. The summed E-state index contributed by atoms with van der Waals surface area (Å²) in [5.41, 5.74) is 0. The summed E-state index contributed by atoms with van der Waals surface area (Å²) in [4.78, 5) is 0. The van der Waals surface area contributed by atoms with Crippen molar-refractivity contribution in [3.05, 3.63) is 7.43 Å². The molecule has 0 aliphatic heterocycles. The standard InChI is InChI=1S/2CH4O.CH3.3ClH.Mo/c2*1-2;;;;;/h2*2H,1H3;1H3;3*1H;/q;;-1;;;;+3/p-3. The van der Waals surface area contributed by atoms with Crippen LogP contribution >= 0.6 is 28.3 Å². The molecule has 0 aromatic rings. The Morgan fingerprint density at radius 3 is 0.889 bits per heavy atom. The molecule has 63 valence electrons. The molecule has 0 atom stereocenters. The molecule has 0 radical (unpaired) electrons. The average molecular weight is 281 g/mol. The van der Waals surface area contributed by atoms with E-state index < -0.39 is 14.2 Å². The number of halogens is 3. The van der Waals surface area contributed by atoms with Crippen LogP contribution in [0.1, 0.15) is 0 Å². The predicted octanol–water partition coefficient (Wildman–Crippen LogP) is 1.73. The summed E-state index contributed by atoms with van der Waals surface area (Å²) in [6, 6.07) is 0. The van der Waals surface area contributed by atoms with Gasteiger partial charge in [-0.2, -0.15) is 0 Å². The summed E-state index contributed by atoms with van der Waals surface area (Å²) in [6.07, 6.45) is 0. The van der Waals surface area contributed by atoms with Crippen molar-refractivity contribution in [2.24, 2.45) is 0 Å². The Morgan fingerprint density at radius 1 is 0.889 bits per heavy atom. The third-order valence-corrected chi connectivity index (χ3v) is 0. The fourth-order valence-electron chi connectivity index (χ4n) is 0. The minimum atomic E-state index is -1.94. The number of aliphatic hydroxyl groups is 2. The van der Waals surface area contributed by atoms with E-state index in [2.05, 4.69) is 0 Å². The third kappa shape index (κ3) is 243. The van der Waals surface area contributed by atoms with Gasteiger partial charge < -0.3 is 17.6 Å². The fraction of sp³-hybridized carbons (Fsp3) is 0.667. The van der Waals surface area contributed by atoms with Crippen LogP contribution in [0.15, 0.2) is 0 Å². The summed E-state index contributed by atoms with van der Waals surface area (Å²) in [7, 11) is 16.9. The molecule has 2 N–H and O–H groups in total. The van der Waals surface area contributed by atoms with Gasteiger partial charge in [0.15, 0.2) is 0 Å². The molecule has 0 aromatic heterocycles. The molecule has 0 heterocycles. The van der Waals surface area contributed by atoms with Crippen molar-refractivity contribution in [3.63, 3.8) is 0 Å². The Balaban J connectivity index is -0.0000000221. The van der Waals surface area contributed by atoms with E-state index >= 15 is 0 Å². The second-order valence-corrected chi connectivity index (χ2v) is 9.32. The summed E-state index contributed by atoms with van der Waals surface area (Å²) in [6.45, 7) is 0. The van der Waals surface area contributed by atoms with Gasteiger partial charge in [-0.05, 0) is 0 Å². The van der Waals surface area contributed by atoms with Crippen molar-refractivity contribution >= 4 is 28.3 Å². The van der Waals surface area contributed by atoms with Crippen LogP contribution in [0.4, 0.5) is 0 Å². The van der Waals surface area contributed by atoms with Gasteiger partial charge in [-0.25, -0.2) is 0 Å². The molecule has 6 heteroatoms. The number of hydrogen-bond acceptors (Lipinski definition) is 2. The third-order valence-electron chi connectivity index (χ3n) is 0. The Labute approximate surface area is 74.1 Å². The molecule has 0 rings (SSSR count).